The third kappa shape index (κ3) is 4.50. The molecule has 1 aliphatic heterocycles. The number of nitrogens with one attached hydrogen (secondary N) is 1. The first-order valence-corrected chi connectivity index (χ1v) is 10.8. The molecule has 5 nitrogen and oxygen atoms in total. The molecule has 0 saturated heterocycles. The maximum absolute atomic E-state index is 12.8. The molecular formula is C21H26N2O3S. The molecule has 27 heavy (non-hydrogen) atoms. The van der Waals surface area contributed by atoms with Gasteiger partial charge in [-0.25, -0.2) is 8.42 Å². The topological polar surface area (TPSA) is 66.5 Å². The molecule has 2 aromatic carbocycles. The molecule has 0 spiro atoms. The molecule has 3 rings (SSSR count). The predicted octanol–water partition coefficient (Wildman–Crippen LogP) is 3.99. The molecule has 1 aliphatic rings. The van der Waals surface area contributed by atoms with Crippen LogP contribution in [0.5, 0.6) is 0 Å². The van der Waals surface area contributed by atoms with Crippen molar-refractivity contribution in [2.75, 3.05) is 16.2 Å². The normalized spacial score (nSPS) is 14.1. The van der Waals surface area contributed by atoms with Gasteiger partial charge in [0.15, 0.2) is 0 Å². The molecule has 1 heterocycles. The van der Waals surface area contributed by atoms with Crippen molar-refractivity contribution in [3.05, 3.63) is 53.6 Å². The molecule has 0 aliphatic carbocycles. The molecule has 2 aromatic rings. The van der Waals surface area contributed by atoms with E-state index >= 15 is 0 Å². The summed E-state index contributed by atoms with van der Waals surface area (Å²) in [6.07, 6.45) is 2.50. The first kappa shape index (κ1) is 19.4. The molecular weight excluding hydrogens is 360 g/mol. The Morgan fingerprint density at radius 3 is 2.67 bits per heavy atom. The monoisotopic (exact) mass is 386 g/mol. The minimum atomic E-state index is -3.68. The van der Waals surface area contributed by atoms with Gasteiger partial charge in [-0.3, -0.25) is 9.52 Å². The fourth-order valence-corrected chi connectivity index (χ4v) is 4.61. The van der Waals surface area contributed by atoms with Gasteiger partial charge in [0.05, 0.1) is 4.90 Å². The minimum Gasteiger partial charge on any atom is -0.312 e. The molecule has 1 amide bonds. The highest BCUT2D eigenvalue weighted by atomic mass is 32.2. The number of amides is 1. The van der Waals surface area contributed by atoms with E-state index in [4.69, 9.17) is 0 Å². The number of rotatable bonds is 5. The highest BCUT2D eigenvalue weighted by molar-refractivity contribution is 7.92. The molecule has 144 valence electrons. The third-order valence-corrected chi connectivity index (χ3v) is 6.06. The molecule has 0 aromatic heterocycles. The van der Waals surface area contributed by atoms with Crippen molar-refractivity contribution in [3.8, 4) is 0 Å². The van der Waals surface area contributed by atoms with E-state index < -0.39 is 10.0 Å². The summed E-state index contributed by atoms with van der Waals surface area (Å²) in [4.78, 5) is 13.7. The largest absolute Gasteiger partial charge is 0.312 e. The summed E-state index contributed by atoms with van der Waals surface area (Å²) < 4.78 is 28.4. The zero-order valence-electron chi connectivity index (χ0n) is 16.0. The molecule has 0 fully saturated rings. The summed E-state index contributed by atoms with van der Waals surface area (Å²) in [5.41, 5.74) is 3.38. The number of benzene rings is 2. The van der Waals surface area contributed by atoms with Crippen LogP contribution in [0.4, 0.5) is 11.4 Å². The smallest absolute Gasteiger partial charge is 0.261 e. The van der Waals surface area contributed by atoms with Crippen molar-refractivity contribution in [3.63, 3.8) is 0 Å². The van der Waals surface area contributed by atoms with Gasteiger partial charge in [-0.05, 0) is 66.6 Å². The van der Waals surface area contributed by atoms with Gasteiger partial charge < -0.3 is 4.90 Å². The van der Waals surface area contributed by atoms with Crippen molar-refractivity contribution in [1.29, 1.82) is 0 Å². The van der Waals surface area contributed by atoms with Gasteiger partial charge in [-0.1, -0.05) is 26.0 Å². The van der Waals surface area contributed by atoms with Crippen molar-refractivity contribution < 1.29 is 13.2 Å². The Morgan fingerprint density at radius 2 is 1.96 bits per heavy atom. The van der Waals surface area contributed by atoms with Crippen molar-refractivity contribution in [2.45, 2.75) is 44.9 Å². The van der Waals surface area contributed by atoms with Crippen LogP contribution in [0, 0.1) is 5.92 Å². The summed E-state index contributed by atoms with van der Waals surface area (Å²) in [5.74, 6) is 0.480. The van der Waals surface area contributed by atoms with Crippen LogP contribution in [0.3, 0.4) is 0 Å². The average molecular weight is 387 g/mol. The average Bonchev–Trinajstić information content (AvgIpc) is 2.60. The summed E-state index contributed by atoms with van der Waals surface area (Å²) in [6.45, 7) is 6.48. The Kier molecular flexibility index (Phi) is 5.56. The van der Waals surface area contributed by atoms with E-state index in [0.717, 1.165) is 36.1 Å². The summed E-state index contributed by atoms with van der Waals surface area (Å²) in [7, 11) is -3.68. The number of hydrogen-bond acceptors (Lipinski definition) is 3. The number of nitrogens with zero attached hydrogens (tertiary/aromatic N) is 1. The molecule has 0 atom stereocenters. The van der Waals surface area contributed by atoms with Crippen molar-refractivity contribution >= 4 is 27.3 Å². The van der Waals surface area contributed by atoms with E-state index in [0.29, 0.717) is 18.2 Å². The van der Waals surface area contributed by atoms with Crippen LogP contribution in [0.2, 0.25) is 0 Å². The van der Waals surface area contributed by atoms with Gasteiger partial charge in [0.1, 0.15) is 0 Å². The van der Waals surface area contributed by atoms with E-state index in [1.54, 1.807) is 29.2 Å². The molecule has 0 unspecified atom stereocenters. The highest BCUT2D eigenvalue weighted by Crippen LogP contribution is 2.30. The maximum Gasteiger partial charge on any atom is 0.261 e. The second-order valence-electron chi connectivity index (χ2n) is 7.47. The zero-order chi connectivity index (χ0) is 19.6. The summed E-state index contributed by atoms with van der Waals surface area (Å²) >= 11 is 0. The van der Waals surface area contributed by atoms with Gasteiger partial charge in [-0.15, -0.1) is 0 Å². The minimum absolute atomic E-state index is 0.0216. The molecule has 6 heteroatoms. The van der Waals surface area contributed by atoms with Gasteiger partial charge in [-0.2, -0.15) is 0 Å². The van der Waals surface area contributed by atoms with Crippen LogP contribution >= 0.6 is 0 Å². The van der Waals surface area contributed by atoms with Crippen LogP contribution in [0.1, 0.15) is 38.3 Å². The van der Waals surface area contributed by atoms with E-state index in [2.05, 4.69) is 18.6 Å². The lowest BCUT2D eigenvalue weighted by atomic mass is 10.0. The second-order valence-corrected chi connectivity index (χ2v) is 9.15. The third-order valence-electron chi connectivity index (χ3n) is 4.68. The van der Waals surface area contributed by atoms with Crippen molar-refractivity contribution in [2.24, 2.45) is 5.92 Å². The Labute approximate surface area is 161 Å². The highest BCUT2D eigenvalue weighted by Gasteiger charge is 2.23. The molecule has 0 saturated carbocycles. The number of sulfonamides is 1. The number of hydrogen-bond donors (Lipinski definition) is 1. The van der Waals surface area contributed by atoms with E-state index in [1.165, 1.54) is 6.92 Å². The number of aryl methyl sites for hydroxylation is 1. The van der Waals surface area contributed by atoms with Crippen LogP contribution in [0.25, 0.3) is 0 Å². The fraction of sp³-hybridized carbons (Fsp3) is 0.381. The van der Waals surface area contributed by atoms with Gasteiger partial charge in [0, 0.05) is 24.8 Å². The van der Waals surface area contributed by atoms with E-state index in [-0.39, 0.29) is 10.8 Å². The molecule has 0 bridgehead atoms. The Balaban J connectivity index is 1.87. The number of anilines is 2. The molecule has 0 radical (unpaired) electrons. The zero-order valence-corrected chi connectivity index (χ0v) is 16.8. The van der Waals surface area contributed by atoms with Crippen LogP contribution in [-0.4, -0.2) is 20.9 Å². The Hall–Kier alpha value is -2.34. The predicted molar refractivity (Wildman–Crippen MR) is 109 cm³/mol. The second kappa shape index (κ2) is 7.72. The van der Waals surface area contributed by atoms with Crippen LogP contribution in [-0.2, 0) is 27.7 Å². The fourth-order valence-electron chi connectivity index (χ4n) is 3.52. The van der Waals surface area contributed by atoms with Crippen molar-refractivity contribution in [1.82, 2.24) is 0 Å². The summed E-state index contributed by atoms with van der Waals surface area (Å²) in [5, 5.41) is 0. The van der Waals surface area contributed by atoms with E-state index in [1.807, 2.05) is 18.2 Å². The number of carbonyl (C=O) groups excluding carboxylic acids is 1. The lowest BCUT2D eigenvalue weighted by Crippen LogP contribution is -2.33. The van der Waals surface area contributed by atoms with Gasteiger partial charge in [0.2, 0.25) is 5.91 Å². The standard InChI is InChI=1S/C21H26N2O3S/c1-15(2)12-17-6-4-8-19(13-17)22-27(25,26)20-9-10-21-18(14-20)7-5-11-23(21)16(3)24/h4,6,8-10,13-15,22H,5,7,11-12H2,1-3H3. The maximum atomic E-state index is 12.8. The Morgan fingerprint density at radius 1 is 1.19 bits per heavy atom. The number of fused-ring (bicyclic) bond motifs is 1. The Bertz CT molecular complexity index is 952. The number of carbonyl (C=O) groups is 1. The van der Waals surface area contributed by atoms with Gasteiger partial charge >= 0.3 is 0 Å². The van der Waals surface area contributed by atoms with Gasteiger partial charge in [0.25, 0.3) is 10.0 Å². The lowest BCUT2D eigenvalue weighted by Gasteiger charge is -2.28. The van der Waals surface area contributed by atoms with E-state index in [9.17, 15) is 13.2 Å². The molecule has 1 N–H and O–H groups in total. The quantitative estimate of drug-likeness (QED) is 0.845. The van der Waals surface area contributed by atoms with Crippen LogP contribution < -0.4 is 9.62 Å². The first-order chi connectivity index (χ1) is 12.8. The van der Waals surface area contributed by atoms with Crippen LogP contribution in [0.15, 0.2) is 47.4 Å². The lowest BCUT2D eigenvalue weighted by molar-refractivity contribution is -0.116. The summed E-state index contributed by atoms with van der Waals surface area (Å²) in [6, 6.07) is 12.5. The first-order valence-electron chi connectivity index (χ1n) is 9.29. The SMILES string of the molecule is CC(=O)N1CCCc2cc(S(=O)(=O)Nc3cccc(CC(C)C)c3)ccc21.